The summed E-state index contributed by atoms with van der Waals surface area (Å²) in [4.78, 5) is 5.19. The van der Waals surface area contributed by atoms with Gasteiger partial charge in [-0.2, -0.15) is 5.26 Å². The van der Waals surface area contributed by atoms with Crippen molar-refractivity contribution in [3.63, 3.8) is 0 Å². The van der Waals surface area contributed by atoms with Crippen LogP contribution in [-0.4, -0.2) is 5.84 Å². The molecule has 3 N–H and O–H groups in total. The third kappa shape index (κ3) is 5.27. The fraction of sp³-hybridized carbons (Fsp3) is 0.106. The fourth-order valence-electron chi connectivity index (χ4n) is 8.11. The number of nitrogens with two attached hydrogens (primary N) is 1. The van der Waals surface area contributed by atoms with Gasteiger partial charge in [-0.25, -0.2) is 10.3 Å². The van der Waals surface area contributed by atoms with Crippen molar-refractivity contribution in [2.24, 2.45) is 4.99 Å². The van der Waals surface area contributed by atoms with Crippen molar-refractivity contribution in [2.45, 2.75) is 31.6 Å². The second kappa shape index (κ2) is 12.3. The normalized spacial score (nSPS) is 17.3. The molecule has 7 aromatic carbocycles. The van der Waals surface area contributed by atoms with Crippen LogP contribution in [0.25, 0.3) is 44.2 Å². The minimum atomic E-state index is -0.191. The Bertz CT molecular complexity index is 2510. The zero-order valence-corrected chi connectivity index (χ0v) is 28.6. The molecule has 0 fully saturated rings. The van der Waals surface area contributed by atoms with E-state index in [4.69, 9.17) is 4.99 Å². The Labute approximate surface area is 298 Å². The maximum atomic E-state index is 9.66. The molecular weight excluding hydrogens is 621 g/mol. The first-order valence-electron chi connectivity index (χ1n) is 17.6. The average Bonchev–Trinajstić information content (AvgIpc) is 3.43. The predicted octanol–water partition coefficient (Wildman–Crippen LogP) is 9.66. The molecule has 0 saturated heterocycles. The van der Waals surface area contributed by atoms with Crippen LogP contribution in [0.3, 0.4) is 0 Å². The Morgan fingerprint density at radius 2 is 1.25 bits per heavy atom. The summed E-state index contributed by atoms with van der Waals surface area (Å²) >= 11 is 0. The first-order valence-corrected chi connectivity index (χ1v) is 17.6. The lowest BCUT2D eigenvalue weighted by molar-refractivity contribution is -0.600. The molecule has 2 atom stereocenters. The van der Waals surface area contributed by atoms with Crippen LogP contribution in [0.15, 0.2) is 163 Å². The summed E-state index contributed by atoms with van der Waals surface area (Å²) in [6.07, 6.45) is -0.134. The molecule has 1 aliphatic carbocycles. The fourth-order valence-corrected chi connectivity index (χ4v) is 8.11. The number of nitrogens with one attached hydrogen (secondary N) is 1. The van der Waals surface area contributed by atoms with E-state index in [1.54, 1.807) is 0 Å². The quantitative estimate of drug-likeness (QED) is 0.194. The number of nitrogens with zero attached hydrogens (tertiary/aromatic N) is 2. The van der Waals surface area contributed by atoms with Gasteiger partial charge in [0.15, 0.2) is 6.17 Å². The van der Waals surface area contributed by atoms with Crippen molar-refractivity contribution in [1.29, 1.82) is 5.26 Å². The summed E-state index contributed by atoms with van der Waals surface area (Å²) < 4.78 is 0. The van der Waals surface area contributed by atoms with E-state index < -0.39 is 0 Å². The molecule has 0 aromatic heterocycles. The second-order valence-electron chi connectivity index (χ2n) is 14.1. The van der Waals surface area contributed by atoms with Crippen LogP contribution in [0.2, 0.25) is 0 Å². The van der Waals surface area contributed by atoms with Crippen molar-refractivity contribution >= 4 is 16.6 Å². The van der Waals surface area contributed by atoms with Gasteiger partial charge >= 0.3 is 0 Å². The van der Waals surface area contributed by atoms with E-state index in [2.05, 4.69) is 176 Å². The molecule has 4 heteroatoms. The molecule has 0 radical (unpaired) electrons. The number of nitriles is 1. The highest BCUT2D eigenvalue weighted by molar-refractivity contribution is 6.08. The molecule has 244 valence electrons. The van der Waals surface area contributed by atoms with Crippen molar-refractivity contribution in [3.05, 3.63) is 191 Å². The molecule has 0 amide bonds. The number of hydrogen-bond acceptors (Lipinski definition) is 3. The van der Waals surface area contributed by atoms with Crippen LogP contribution >= 0.6 is 0 Å². The highest BCUT2D eigenvalue weighted by atomic mass is 15.3. The van der Waals surface area contributed by atoms with Crippen molar-refractivity contribution in [2.75, 3.05) is 0 Å². The van der Waals surface area contributed by atoms with Crippen LogP contribution in [-0.2, 0) is 5.41 Å². The summed E-state index contributed by atoms with van der Waals surface area (Å²) in [5, 5.41) is 18.1. The molecule has 0 bridgehead atoms. The number of benzene rings is 7. The standard InChI is InChI=1S/C47H36N4/c1-47(2)41-19-11-18-39(43(41)40-25-20-30(29-48)28-42(40)47)38-27-26-35(36-16-9-10-17-37(36)38)31-21-23-34(24-22-31)46-50-44(32-12-5-3-6-13-32)49-45(51-46)33-14-7-4-8-15-33/h3-28,44,46,50H,1-2H3,(H,49,51)/p+1. The summed E-state index contributed by atoms with van der Waals surface area (Å²) in [7, 11) is 0. The van der Waals surface area contributed by atoms with E-state index in [1.807, 2.05) is 12.1 Å². The van der Waals surface area contributed by atoms with Gasteiger partial charge in [0, 0.05) is 11.0 Å². The van der Waals surface area contributed by atoms with Crippen LogP contribution in [0.5, 0.6) is 0 Å². The van der Waals surface area contributed by atoms with Crippen molar-refractivity contribution < 1.29 is 5.32 Å². The van der Waals surface area contributed by atoms with Gasteiger partial charge in [-0.3, -0.25) is 5.32 Å². The van der Waals surface area contributed by atoms with E-state index in [9.17, 15) is 5.26 Å². The molecule has 51 heavy (non-hydrogen) atoms. The third-order valence-corrected chi connectivity index (χ3v) is 10.7. The van der Waals surface area contributed by atoms with E-state index in [0.717, 1.165) is 17.0 Å². The second-order valence-corrected chi connectivity index (χ2v) is 14.1. The molecule has 2 unspecified atom stereocenters. The summed E-state index contributed by atoms with van der Waals surface area (Å²) in [5.74, 6) is 1.00. The molecule has 9 rings (SSSR count). The van der Waals surface area contributed by atoms with Gasteiger partial charge in [0.05, 0.1) is 17.2 Å². The topological polar surface area (TPSA) is 64.8 Å². The van der Waals surface area contributed by atoms with Crippen molar-refractivity contribution in [3.8, 4) is 39.4 Å². The molecule has 0 saturated carbocycles. The third-order valence-electron chi connectivity index (χ3n) is 10.7. The van der Waals surface area contributed by atoms with E-state index in [0.29, 0.717) is 5.56 Å². The van der Waals surface area contributed by atoms with Crippen LogP contribution in [0.4, 0.5) is 0 Å². The van der Waals surface area contributed by atoms with Gasteiger partial charge in [-0.15, -0.1) is 0 Å². The van der Waals surface area contributed by atoms with Crippen LogP contribution in [0, 0.1) is 11.3 Å². The Morgan fingerprint density at radius 3 is 2.00 bits per heavy atom. The number of aliphatic imine (C=N–C) groups is 1. The minimum Gasteiger partial charge on any atom is -0.278 e. The Kier molecular flexibility index (Phi) is 7.47. The summed E-state index contributed by atoms with van der Waals surface area (Å²) in [6.45, 7) is 4.54. The Balaban J connectivity index is 1.10. The minimum absolute atomic E-state index is 0.0467. The average molecular weight is 658 g/mol. The van der Waals surface area contributed by atoms with Gasteiger partial charge in [-0.1, -0.05) is 147 Å². The van der Waals surface area contributed by atoms with Gasteiger partial charge < -0.3 is 0 Å². The van der Waals surface area contributed by atoms with Gasteiger partial charge in [0.2, 0.25) is 5.84 Å². The predicted molar refractivity (Wildman–Crippen MR) is 207 cm³/mol. The lowest BCUT2D eigenvalue weighted by Gasteiger charge is -2.28. The zero-order valence-electron chi connectivity index (χ0n) is 28.6. The first kappa shape index (κ1) is 30.9. The Morgan fingerprint density at radius 1 is 0.588 bits per heavy atom. The summed E-state index contributed by atoms with van der Waals surface area (Å²) in [5.41, 5.74) is 13.8. The molecule has 1 heterocycles. The van der Waals surface area contributed by atoms with E-state index in [-0.39, 0.29) is 17.7 Å². The molecule has 2 aliphatic rings. The van der Waals surface area contributed by atoms with Crippen molar-refractivity contribution in [1.82, 2.24) is 5.32 Å². The smallest absolute Gasteiger partial charge is 0.230 e. The number of hydrogen-bond donors (Lipinski definition) is 2. The molecule has 7 aromatic rings. The van der Waals surface area contributed by atoms with Gasteiger partial charge in [-0.05, 0) is 85.1 Å². The number of quaternary nitrogens is 1. The maximum absolute atomic E-state index is 9.66. The highest BCUT2D eigenvalue weighted by Gasteiger charge is 2.37. The van der Waals surface area contributed by atoms with E-state index in [1.165, 1.54) is 60.8 Å². The first-order chi connectivity index (χ1) is 25.0. The highest BCUT2D eigenvalue weighted by Crippen LogP contribution is 2.53. The molecule has 0 spiro atoms. The molecular formula is C47H37N4+. The lowest BCUT2D eigenvalue weighted by atomic mass is 9.81. The van der Waals surface area contributed by atoms with E-state index >= 15 is 0 Å². The molecule has 4 nitrogen and oxygen atoms in total. The van der Waals surface area contributed by atoms with Gasteiger partial charge in [0.25, 0.3) is 0 Å². The SMILES string of the molecule is CC1(C)c2cc(C#N)ccc2-c2c(-c3ccc(-c4ccc(C5N=C(c6ccccc6)[NH2+]C(c6ccccc6)N5)cc4)c4ccccc34)cccc21. The maximum Gasteiger partial charge on any atom is 0.230 e. The van der Waals surface area contributed by atoms with Crippen LogP contribution < -0.4 is 10.6 Å². The number of fused-ring (bicyclic) bond motifs is 4. The number of rotatable bonds is 5. The largest absolute Gasteiger partial charge is 0.278 e. The zero-order chi connectivity index (χ0) is 34.5. The van der Waals surface area contributed by atoms with Gasteiger partial charge in [0.1, 0.15) is 6.17 Å². The lowest BCUT2D eigenvalue weighted by Crippen LogP contribution is -2.93. The van der Waals surface area contributed by atoms with Crippen LogP contribution in [0.1, 0.15) is 59.6 Å². The summed E-state index contributed by atoms with van der Waals surface area (Å²) in [6, 6.07) is 58.4. The Hall–Kier alpha value is -6.12. The monoisotopic (exact) mass is 657 g/mol. The molecule has 1 aliphatic heterocycles. The number of amidine groups is 1.